The summed E-state index contributed by atoms with van der Waals surface area (Å²) in [7, 11) is 3.09. The molecule has 1 atom stereocenters. The van der Waals surface area contributed by atoms with Crippen molar-refractivity contribution in [1.82, 2.24) is 15.1 Å². The van der Waals surface area contributed by atoms with Crippen molar-refractivity contribution in [3.8, 4) is 0 Å². The second-order valence-corrected chi connectivity index (χ2v) is 6.12. The van der Waals surface area contributed by atoms with E-state index in [1.165, 1.54) is 11.9 Å². The molecule has 0 saturated carbocycles. The Morgan fingerprint density at radius 1 is 1.38 bits per heavy atom. The van der Waals surface area contributed by atoms with Gasteiger partial charge in [0, 0.05) is 27.2 Å². The third-order valence-corrected chi connectivity index (χ3v) is 4.25. The fourth-order valence-electron chi connectivity index (χ4n) is 2.52. The van der Waals surface area contributed by atoms with Gasteiger partial charge in [0.15, 0.2) is 0 Å². The van der Waals surface area contributed by atoms with Crippen LogP contribution in [0.5, 0.6) is 0 Å². The minimum Gasteiger partial charge on any atom is -0.481 e. The number of nitrogens with one attached hydrogen (secondary N) is 1. The minimum atomic E-state index is -0.863. The van der Waals surface area contributed by atoms with Gasteiger partial charge in [-0.15, -0.1) is 0 Å². The maximum absolute atomic E-state index is 12.3. The Labute approximate surface area is 125 Å². The van der Waals surface area contributed by atoms with Crippen LogP contribution in [0.4, 0.5) is 4.79 Å². The zero-order chi connectivity index (χ0) is 16.2. The summed E-state index contributed by atoms with van der Waals surface area (Å²) in [4.78, 5) is 38.0. The molecule has 0 spiro atoms. The maximum atomic E-state index is 12.3. The van der Waals surface area contributed by atoms with Gasteiger partial charge in [0.05, 0.1) is 5.41 Å². The molecule has 0 radical (unpaired) electrons. The summed E-state index contributed by atoms with van der Waals surface area (Å²) in [6.07, 6.45) is 1.57. The lowest BCUT2D eigenvalue weighted by molar-refractivity contribution is -0.151. The van der Waals surface area contributed by atoms with Crippen LogP contribution in [0.3, 0.4) is 0 Å². The first-order valence-corrected chi connectivity index (χ1v) is 7.14. The fraction of sp³-hybridized carbons (Fsp3) is 0.786. The van der Waals surface area contributed by atoms with E-state index < -0.39 is 11.4 Å². The van der Waals surface area contributed by atoms with Crippen molar-refractivity contribution in [2.75, 3.05) is 33.7 Å². The standard InChI is InChI=1S/C14H25N3O4/c1-14(2,12(19)20)10-6-5-7-17(8-10)13(21)16(4)9-11(18)15-3/h10H,5-9H2,1-4H3,(H,15,18)(H,19,20). The molecule has 120 valence electrons. The zero-order valence-corrected chi connectivity index (χ0v) is 13.2. The van der Waals surface area contributed by atoms with E-state index in [9.17, 15) is 19.5 Å². The van der Waals surface area contributed by atoms with Crippen LogP contribution < -0.4 is 5.32 Å². The van der Waals surface area contributed by atoms with Crippen LogP contribution in [-0.2, 0) is 9.59 Å². The molecule has 0 aromatic rings. The van der Waals surface area contributed by atoms with E-state index in [-0.39, 0.29) is 24.4 Å². The number of piperidine rings is 1. The Morgan fingerprint density at radius 2 is 2.00 bits per heavy atom. The van der Waals surface area contributed by atoms with E-state index in [1.807, 2.05) is 0 Å². The number of carboxylic acids is 1. The summed E-state index contributed by atoms with van der Waals surface area (Å²) < 4.78 is 0. The average molecular weight is 299 g/mol. The van der Waals surface area contributed by atoms with Crippen LogP contribution in [0.15, 0.2) is 0 Å². The highest BCUT2D eigenvalue weighted by Gasteiger charge is 2.40. The number of carbonyl (C=O) groups excluding carboxylic acids is 2. The van der Waals surface area contributed by atoms with Crippen molar-refractivity contribution in [2.24, 2.45) is 11.3 Å². The van der Waals surface area contributed by atoms with Crippen molar-refractivity contribution in [3.05, 3.63) is 0 Å². The van der Waals surface area contributed by atoms with Crippen molar-refractivity contribution < 1.29 is 19.5 Å². The van der Waals surface area contributed by atoms with Gasteiger partial charge in [-0.2, -0.15) is 0 Å². The average Bonchev–Trinajstić information content (AvgIpc) is 2.46. The summed E-state index contributed by atoms with van der Waals surface area (Å²) in [5, 5.41) is 11.8. The lowest BCUT2D eigenvalue weighted by Crippen LogP contribution is -2.51. The molecule has 7 nitrogen and oxygen atoms in total. The van der Waals surface area contributed by atoms with E-state index in [4.69, 9.17) is 0 Å². The zero-order valence-electron chi connectivity index (χ0n) is 13.2. The van der Waals surface area contributed by atoms with Crippen molar-refractivity contribution >= 4 is 17.9 Å². The minimum absolute atomic E-state index is 0.00117. The van der Waals surface area contributed by atoms with Gasteiger partial charge in [-0.3, -0.25) is 9.59 Å². The Kier molecular flexibility index (Phi) is 5.57. The molecular weight excluding hydrogens is 274 g/mol. The second kappa shape index (κ2) is 6.78. The van der Waals surface area contributed by atoms with Crippen LogP contribution in [0.2, 0.25) is 0 Å². The largest absolute Gasteiger partial charge is 0.481 e. The molecule has 1 unspecified atom stereocenters. The SMILES string of the molecule is CNC(=O)CN(C)C(=O)N1CCCC(C(C)(C)C(=O)O)C1. The number of aliphatic carboxylic acids is 1. The van der Waals surface area contributed by atoms with Crippen molar-refractivity contribution in [2.45, 2.75) is 26.7 Å². The number of hydrogen-bond donors (Lipinski definition) is 2. The van der Waals surface area contributed by atoms with Crippen molar-refractivity contribution in [3.63, 3.8) is 0 Å². The van der Waals surface area contributed by atoms with Gasteiger partial charge >= 0.3 is 12.0 Å². The lowest BCUT2D eigenvalue weighted by atomic mass is 9.74. The van der Waals surface area contributed by atoms with Gasteiger partial charge in [0.25, 0.3) is 0 Å². The molecule has 0 bridgehead atoms. The van der Waals surface area contributed by atoms with Gasteiger partial charge in [0.1, 0.15) is 6.54 Å². The molecule has 1 saturated heterocycles. The smallest absolute Gasteiger partial charge is 0.320 e. The van der Waals surface area contributed by atoms with Gasteiger partial charge in [0.2, 0.25) is 5.91 Å². The molecule has 0 aliphatic carbocycles. The first-order chi connectivity index (χ1) is 9.70. The number of hydrogen-bond acceptors (Lipinski definition) is 3. The lowest BCUT2D eigenvalue weighted by Gasteiger charge is -2.40. The summed E-state index contributed by atoms with van der Waals surface area (Å²) in [5.74, 6) is -1.16. The van der Waals surface area contributed by atoms with E-state index in [2.05, 4.69) is 5.32 Å². The Hall–Kier alpha value is -1.79. The number of amides is 3. The molecule has 1 aliphatic heterocycles. The first-order valence-electron chi connectivity index (χ1n) is 7.14. The van der Waals surface area contributed by atoms with Gasteiger partial charge in [-0.05, 0) is 32.6 Å². The number of carbonyl (C=O) groups is 3. The highest BCUT2D eigenvalue weighted by Crippen LogP contribution is 2.34. The van der Waals surface area contributed by atoms with Crippen LogP contribution >= 0.6 is 0 Å². The number of nitrogens with zero attached hydrogens (tertiary/aromatic N) is 2. The summed E-state index contributed by atoms with van der Waals surface area (Å²) >= 11 is 0. The number of urea groups is 1. The van der Waals surface area contributed by atoms with Crippen LogP contribution in [-0.4, -0.2) is 66.5 Å². The quantitative estimate of drug-likeness (QED) is 0.795. The predicted octanol–water partition coefficient (Wildman–Crippen LogP) is 0.607. The molecule has 0 aromatic carbocycles. The number of likely N-dealkylation sites (tertiary alicyclic amines) is 1. The molecule has 3 amide bonds. The molecule has 2 N–H and O–H groups in total. The number of likely N-dealkylation sites (N-methyl/N-ethyl adjacent to an activating group) is 2. The highest BCUT2D eigenvalue weighted by atomic mass is 16.4. The number of rotatable bonds is 4. The molecule has 7 heteroatoms. The molecule has 0 aromatic heterocycles. The summed E-state index contributed by atoms with van der Waals surface area (Å²) in [6.45, 7) is 4.41. The molecule has 21 heavy (non-hydrogen) atoms. The van der Waals surface area contributed by atoms with Crippen LogP contribution in [0.1, 0.15) is 26.7 Å². The third kappa shape index (κ3) is 4.09. The highest BCUT2D eigenvalue weighted by molar-refractivity contribution is 5.83. The summed E-state index contributed by atoms with van der Waals surface area (Å²) in [6, 6.07) is -0.232. The van der Waals surface area contributed by atoms with Gasteiger partial charge in [-0.25, -0.2) is 4.79 Å². The van der Waals surface area contributed by atoms with Crippen LogP contribution in [0.25, 0.3) is 0 Å². The molecule has 1 heterocycles. The molecular formula is C14H25N3O4. The first kappa shape index (κ1) is 17.3. The second-order valence-electron chi connectivity index (χ2n) is 6.12. The van der Waals surface area contributed by atoms with E-state index in [0.717, 1.165) is 12.8 Å². The Bertz CT molecular complexity index is 422. The molecule has 1 rings (SSSR count). The topological polar surface area (TPSA) is 90.0 Å². The van der Waals surface area contributed by atoms with Gasteiger partial charge < -0.3 is 20.2 Å². The third-order valence-electron chi connectivity index (χ3n) is 4.25. The Morgan fingerprint density at radius 3 is 2.52 bits per heavy atom. The molecule has 1 aliphatic rings. The van der Waals surface area contributed by atoms with Gasteiger partial charge in [-0.1, -0.05) is 0 Å². The molecule has 1 fully saturated rings. The normalized spacial score (nSPS) is 19.0. The van der Waals surface area contributed by atoms with Crippen LogP contribution in [0, 0.1) is 11.3 Å². The van der Waals surface area contributed by atoms with E-state index in [1.54, 1.807) is 25.8 Å². The predicted molar refractivity (Wildman–Crippen MR) is 77.8 cm³/mol. The fourth-order valence-corrected chi connectivity index (χ4v) is 2.52. The van der Waals surface area contributed by atoms with Crippen molar-refractivity contribution in [1.29, 1.82) is 0 Å². The summed E-state index contributed by atoms with van der Waals surface area (Å²) in [5.41, 5.74) is -0.863. The Balaban J connectivity index is 2.70. The maximum Gasteiger partial charge on any atom is 0.320 e. The van der Waals surface area contributed by atoms with E-state index >= 15 is 0 Å². The monoisotopic (exact) mass is 299 g/mol. The number of carboxylic acid groups (broad SMARTS) is 1. The van der Waals surface area contributed by atoms with E-state index in [0.29, 0.717) is 13.1 Å².